The van der Waals surface area contributed by atoms with E-state index < -0.39 is 10.0 Å². The van der Waals surface area contributed by atoms with E-state index in [-0.39, 0.29) is 35.1 Å². The average molecular weight is 455 g/mol. The monoisotopic (exact) mass is 454 g/mol. The van der Waals surface area contributed by atoms with Gasteiger partial charge in [0, 0.05) is 36.8 Å². The Kier molecular flexibility index (Phi) is 6.69. The highest BCUT2D eigenvalue weighted by atomic mass is 32.2. The Balaban J connectivity index is 1.40. The number of sulfonamides is 1. The summed E-state index contributed by atoms with van der Waals surface area (Å²) in [7, 11) is -3.73. The first-order valence-electron chi connectivity index (χ1n) is 10.5. The number of carbonyl (C=O) groups excluding carboxylic acids is 1. The molecule has 1 aliphatic heterocycles. The molecule has 1 fully saturated rings. The van der Waals surface area contributed by atoms with Crippen molar-refractivity contribution in [3.05, 3.63) is 78.4 Å². The van der Waals surface area contributed by atoms with E-state index in [1.165, 1.54) is 12.1 Å². The van der Waals surface area contributed by atoms with Crippen LogP contribution in [0.4, 0.5) is 0 Å². The largest absolute Gasteiger partial charge is 0.377 e. The van der Waals surface area contributed by atoms with Gasteiger partial charge in [0.15, 0.2) is 0 Å². The summed E-state index contributed by atoms with van der Waals surface area (Å²) in [6, 6.07) is 13.6. The van der Waals surface area contributed by atoms with E-state index in [0.717, 1.165) is 24.1 Å². The average Bonchev–Trinajstić information content (AvgIpc) is 3.52. The predicted octanol–water partition coefficient (Wildman–Crippen LogP) is 2.82. The lowest BCUT2D eigenvalue weighted by atomic mass is 10.1. The molecule has 2 heterocycles. The summed E-state index contributed by atoms with van der Waals surface area (Å²) in [5.74, 6) is -0.340. The lowest BCUT2D eigenvalue weighted by Gasteiger charge is -2.16. The van der Waals surface area contributed by atoms with Crippen molar-refractivity contribution in [2.45, 2.75) is 36.8 Å². The van der Waals surface area contributed by atoms with E-state index in [0.29, 0.717) is 6.61 Å². The predicted molar refractivity (Wildman–Crippen MR) is 120 cm³/mol. The second-order valence-corrected chi connectivity index (χ2v) is 9.54. The molecular weight excluding hydrogens is 428 g/mol. The summed E-state index contributed by atoms with van der Waals surface area (Å²) in [4.78, 5) is 16.9. The van der Waals surface area contributed by atoms with Gasteiger partial charge in [0.1, 0.15) is 0 Å². The van der Waals surface area contributed by atoms with Crippen LogP contribution >= 0.6 is 0 Å². The van der Waals surface area contributed by atoms with Crippen LogP contribution in [-0.2, 0) is 14.8 Å². The molecule has 0 bridgehead atoms. The van der Waals surface area contributed by atoms with Crippen LogP contribution in [0.5, 0.6) is 0 Å². The van der Waals surface area contributed by atoms with E-state index in [1.807, 2.05) is 42.0 Å². The molecule has 2 N–H and O–H groups in total. The van der Waals surface area contributed by atoms with E-state index in [4.69, 9.17) is 4.74 Å². The van der Waals surface area contributed by atoms with Gasteiger partial charge < -0.3 is 14.6 Å². The van der Waals surface area contributed by atoms with Crippen molar-refractivity contribution >= 4 is 15.9 Å². The number of nitrogens with one attached hydrogen (secondary N) is 2. The number of benzene rings is 2. The molecule has 0 radical (unpaired) electrons. The van der Waals surface area contributed by atoms with Crippen LogP contribution in [0.3, 0.4) is 0 Å². The SMILES string of the molecule is C[C@H](NC(=O)c1cccc(S(=O)(=O)NC[C@H]2CCCO2)c1)c1ccc(-n2ccnc2)cc1. The highest BCUT2D eigenvalue weighted by molar-refractivity contribution is 7.89. The standard InChI is InChI=1S/C23H26N4O4S/c1-17(18-7-9-20(10-8-18)27-12-11-24-16-27)26-23(28)19-4-2-6-22(14-19)32(29,30)25-15-21-5-3-13-31-21/h2,4,6-12,14,16-17,21,25H,3,5,13,15H2,1H3,(H,26,28)/t17-,21+/m0/s1. The van der Waals surface area contributed by atoms with Gasteiger partial charge in [0.05, 0.1) is 23.4 Å². The van der Waals surface area contributed by atoms with Gasteiger partial charge in [-0.2, -0.15) is 0 Å². The van der Waals surface area contributed by atoms with Crippen LogP contribution < -0.4 is 10.0 Å². The first kappa shape index (κ1) is 22.2. The van der Waals surface area contributed by atoms with Crippen molar-refractivity contribution in [1.82, 2.24) is 19.6 Å². The van der Waals surface area contributed by atoms with Gasteiger partial charge in [-0.3, -0.25) is 4.79 Å². The summed E-state index contributed by atoms with van der Waals surface area (Å²) < 4.78 is 35.2. The third-order valence-electron chi connectivity index (χ3n) is 5.47. The molecule has 168 valence electrons. The van der Waals surface area contributed by atoms with Crippen LogP contribution in [-0.4, -0.2) is 43.1 Å². The zero-order chi connectivity index (χ0) is 22.6. The van der Waals surface area contributed by atoms with Crippen LogP contribution in [0, 0.1) is 0 Å². The molecule has 0 unspecified atom stereocenters. The van der Waals surface area contributed by atoms with Gasteiger partial charge in [-0.1, -0.05) is 18.2 Å². The molecule has 32 heavy (non-hydrogen) atoms. The number of amides is 1. The third kappa shape index (κ3) is 5.24. The molecule has 0 spiro atoms. The minimum Gasteiger partial charge on any atom is -0.377 e. The zero-order valence-electron chi connectivity index (χ0n) is 17.8. The molecule has 4 rings (SSSR count). The molecule has 1 aromatic heterocycles. The van der Waals surface area contributed by atoms with Crippen LogP contribution in [0.1, 0.15) is 41.7 Å². The molecule has 3 aromatic rings. The van der Waals surface area contributed by atoms with E-state index in [2.05, 4.69) is 15.0 Å². The van der Waals surface area contributed by atoms with Crippen molar-refractivity contribution < 1.29 is 17.9 Å². The molecule has 2 aromatic carbocycles. The van der Waals surface area contributed by atoms with Crippen LogP contribution in [0.25, 0.3) is 5.69 Å². The minimum atomic E-state index is -3.73. The lowest BCUT2D eigenvalue weighted by Crippen LogP contribution is -2.32. The van der Waals surface area contributed by atoms with Gasteiger partial charge in [0.25, 0.3) is 5.91 Å². The molecule has 1 amide bonds. The second kappa shape index (κ2) is 9.64. The van der Waals surface area contributed by atoms with Crippen molar-refractivity contribution in [2.75, 3.05) is 13.2 Å². The Morgan fingerprint density at radius 1 is 1.25 bits per heavy atom. The van der Waals surface area contributed by atoms with Crippen molar-refractivity contribution in [3.63, 3.8) is 0 Å². The van der Waals surface area contributed by atoms with E-state index in [9.17, 15) is 13.2 Å². The lowest BCUT2D eigenvalue weighted by molar-refractivity contribution is 0.0939. The maximum absolute atomic E-state index is 12.8. The number of ether oxygens (including phenoxy) is 1. The summed E-state index contributed by atoms with van der Waals surface area (Å²) in [6.07, 6.45) is 6.97. The third-order valence-corrected chi connectivity index (χ3v) is 6.90. The highest BCUT2D eigenvalue weighted by Gasteiger charge is 2.21. The van der Waals surface area contributed by atoms with Crippen LogP contribution in [0.2, 0.25) is 0 Å². The van der Waals surface area contributed by atoms with Gasteiger partial charge >= 0.3 is 0 Å². The smallest absolute Gasteiger partial charge is 0.251 e. The maximum Gasteiger partial charge on any atom is 0.251 e. The fraction of sp³-hybridized carbons (Fsp3) is 0.304. The van der Waals surface area contributed by atoms with Gasteiger partial charge in [0.2, 0.25) is 10.0 Å². The first-order chi connectivity index (χ1) is 15.4. The summed E-state index contributed by atoms with van der Waals surface area (Å²) in [5.41, 5.74) is 2.19. The number of rotatable bonds is 8. The topological polar surface area (TPSA) is 102 Å². The number of aromatic nitrogens is 2. The number of hydrogen-bond donors (Lipinski definition) is 2. The molecular formula is C23H26N4O4S. The molecule has 2 atom stereocenters. The Labute approximate surface area is 187 Å². The fourth-order valence-corrected chi connectivity index (χ4v) is 4.72. The quantitative estimate of drug-likeness (QED) is 0.545. The Bertz CT molecular complexity index is 1150. The van der Waals surface area contributed by atoms with E-state index in [1.54, 1.807) is 24.7 Å². The molecule has 0 saturated carbocycles. The number of hydrogen-bond acceptors (Lipinski definition) is 5. The zero-order valence-corrected chi connectivity index (χ0v) is 18.6. The summed E-state index contributed by atoms with van der Waals surface area (Å²) >= 11 is 0. The molecule has 1 saturated heterocycles. The van der Waals surface area contributed by atoms with Gasteiger partial charge in [-0.05, 0) is 55.7 Å². The normalized spacial score (nSPS) is 17.2. The van der Waals surface area contributed by atoms with E-state index >= 15 is 0 Å². The van der Waals surface area contributed by atoms with Crippen molar-refractivity contribution in [1.29, 1.82) is 0 Å². The Morgan fingerprint density at radius 3 is 2.75 bits per heavy atom. The van der Waals surface area contributed by atoms with Crippen molar-refractivity contribution in [2.24, 2.45) is 0 Å². The highest BCUT2D eigenvalue weighted by Crippen LogP contribution is 2.18. The first-order valence-corrected chi connectivity index (χ1v) is 12.0. The maximum atomic E-state index is 12.8. The Hall–Kier alpha value is -3.01. The number of nitrogens with zero attached hydrogens (tertiary/aromatic N) is 2. The number of imidazole rings is 1. The molecule has 8 nitrogen and oxygen atoms in total. The van der Waals surface area contributed by atoms with Crippen molar-refractivity contribution in [3.8, 4) is 5.69 Å². The van der Waals surface area contributed by atoms with Gasteiger partial charge in [-0.25, -0.2) is 18.1 Å². The second-order valence-electron chi connectivity index (χ2n) is 7.77. The van der Waals surface area contributed by atoms with Gasteiger partial charge in [-0.15, -0.1) is 0 Å². The Morgan fingerprint density at radius 2 is 2.06 bits per heavy atom. The molecule has 0 aliphatic carbocycles. The molecule has 9 heteroatoms. The molecule has 1 aliphatic rings. The summed E-state index contributed by atoms with van der Waals surface area (Å²) in [5, 5.41) is 2.93. The van der Waals surface area contributed by atoms with Crippen LogP contribution in [0.15, 0.2) is 72.1 Å². The summed E-state index contributed by atoms with van der Waals surface area (Å²) in [6.45, 7) is 2.77. The minimum absolute atomic E-state index is 0.0560. The fourth-order valence-electron chi connectivity index (χ4n) is 3.61. The number of carbonyl (C=O) groups is 1.